The highest BCUT2D eigenvalue weighted by molar-refractivity contribution is 5.79. The average molecular weight is 324 g/mol. The van der Waals surface area contributed by atoms with Crippen LogP contribution < -0.4 is 11.2 Å². The molecule has 0 saturated heterocycles. The largest absolute Gasteiger partial charge is 0.332 e. The highest BCUT2D eigenvalue weighted by atomic mass is 16.2. The molecule has 3 aromatic heterocycles. The van der Waals surface area contributed by atoms with Gasteiger partial charge in [0.25, 0.3) is 5.56 Å². The van der Waals surface area contributed by atoms with Crippen molar-refractivity contribution >= 4 is 16.9 Å². The van der Waals surface area contributed by atoms with Crippen molar-refractivity contribution in [2.24, 2.45) is 21.1 Å². The number of fused-ring (bicyclic) bond motifs is 3. The van der Waals surface area contributed by atoms with Crippen LogP contribution in [0.3, 0.4) is 0 Å². The number of aromatic nitrogens is 6. The summed E-state index contributed by atoms with van der Waals surface area (Å²) in [7, 11) is 4.86. The Morgan fingerprint density at radius 2 is 1.54 bits per heavy atom. The van der Waals surface area contributed by atoms with Crippen LogP contribution in [0.2, 0.25) is 0 Å². The number of hydrogen-bond acceptors (Lipinski definition) is 4. The van der Waals surface area contributed by atoms with Gasteiger partial charge >= 0.3 is 5.69 Å². The summed E-state index contributed by atoms with van der Waals surface area (Å²) in [5.41, 5.74) is 2.17. The SMILES string of the molecule is Cc1ccc(-c2nnc3n(C)c4c(=O)n(C)c(=O)n(C)c4n23)cc1. The van der Waals surface area contributed by atoms with Crippen LogP contribution in [-0.4, -0.2) is 28.3 Å². The molecule has 0 atom stereocenters. The second-order valence-electron chi connectivity index (χ2n) is 5.96. The Balaban J connectivity index is 2.24. The number of nitrogens with zero attached hydrogens (tertiary/aromatic N) is 6. The van der Waals surface area contributed by atoms with E-state index in [1.807, 2.05) is 31.2 Å². The lowest BCUT2D eigenvalue weighted by molar-refractivity contribution is 0.703. The van der Waals surface area contributed by atoms with E-state index in [2.05, 4.69) is 10.2 Å². The van der Waals surface area contributed by atoms with E-state index in [-0.39, 0.29) is 11.2 Å². The number of rotatable bonds is 1. The van der Waals surface area contributed by atoms with Crippen molar-refractivity contribution in [1.29, 1.82) is 0 Å². The Morgan fingerprint density at radius 1 is 0.875 bits per heavy atom. The molecule has 0 N–H and O–H groups in total. The fourth-order valence-electron chi connectivity index (χ4n) is 3.04. The van der Waals surface area contributed by atoms with E-state index in [1.54, 1.807) is 23.1 Å². The van der Waals surface area contributed by atoms with Crippen LogP contribution in [0.15, 0.2) is 33.9 Å². The minimum Gasteiger partial charge on any atom is -0.305 e. The maximum atomic E-state index is 12.5. The van der Waals surface area contributed by atoms with Gasteiger partial charge in [0.15, 0.2) is 17.0 Å². The fraction of sp³-hybridized carbons (Fsp3) is 0.250. The zero-order valence-electron chi connectivity index (χ0n) is 13.8. The van der Waals surface area contributed by atoms with Crippen LogP contribution >= 0.6 is 0 Å². The van der Waals surface area contributed by atoms with Crippen LogP contribution in [0, 0.1) is 6.92 Å². The van der Waals surface area contributed by atoms with E-state index in [1.165, 1.54) is 11.6 Å². The summed E-state index contributed by atoms with van der Waals surface area (Å²) in [6, 6.07) is 7.87. The smallest absolute Gasteiger partial charge is 0.305 e. The van der Waals surface area contributed by atoms with E-state index in [0.717, 1.165) is 15.7 Å². The molecule has 24 heavy (non-hydrogen) atoms. The summed E-state index contributed by atoms with van der Waals surface area (Å²) >= 11 is 0. The molecule has 0 saturated carbocycles. The van der Waals surface area contributed by atoms with Gasteiger partial charge in [0.1, 0.15) is 0 Å². The third-order valence-electron chi connectivity index (χ3n) is 4.41. The van der Waals surface area contributed by atoms with Crippen LogP contribution in [0.1, 0.15) is 5.56 Å². The fourth-order valence-corrected chi connectivity index (χ4v) is 3.04. The molecule has 0 aliphatic heterocycles. The predicted octanol–water partition coefficient (Wildman–Crippen LogP) is 0.594. The van der Waals surface area contributed by atoms with Gasteiger partial charge in [0.2, 0.25) is 5.78 Å². The Labute approximate surface area is 136 Å². The van der Waals surface area contributed by atoms with E-state index < -0.39 is 0 Å². The monoisotopic (exact) mass is 324 g/mol. The molecule has 4 aromatic rings. The summed E-state index contributed by atoms with van der Waals surface area (Å²) in [6.45, 7) is 2.01. The van der Waals surface area contributed by atoms with Gasteiger partial charge in [-0.25, -0.2) is 9.20 Å². The van der Waals surface area contributed by atoms with Crippen molar-refractivity contribution in [3.8, 4) is 11.4 Å². The van der Waals surface area contributed by atoms with E-state index in [9.17, 15) is 9.59 Å². The quantitative estimate of drug-likeness (QED) is 0.513. The molecule has 3 heterocycles. The second-order valence-corrected chi connectivity index (χ2v) is 5.96. The van der Waals surface area contributed by atoms with Crippen molar-refractivity contribution in [2.75, 3.05) is 0 Å². The highest BCUT2D eigenvalue weighted by Gasteiger charge is 2.22. The summed E-state index contributed by atoms with van der Waals surface area (Å²) in [5, 5.41) is 8.47. The zero-order valence-corrected chi connectivity index (χ0v) is 13.8. The van der Waals surface area contributed by atoms with E-state index in [4.69, 9.17) is 0 Å². The van der Waals surface area contributed by atoms with Crippen molar-refractivity contribution in [3.63, 3.8) is 0 Å². The molecule has 4 rings (SSSR count). The van der Waals surface area contributed by atoms with Crippen LogP contribution in [-0.2, 0) is 21.1 Å². The molecule has 0 aliphatic carbocycles. The van der Waals surface area contributed by atoms with Gasteiger partial charge in [0.05, 0.1) is 0 Å². The molecular formula is C16H16N6O2. The molecule has 0 fully saturated rings. The predicted molar refractivity (Wildman–Crippen MR) is 90.1 cm³/mol. The lowest BCUT2D eigenvalue weighted by Gasteiger charge is -2.06. The number of hydrogen-bond donors (Lipinski definition) is 0. The molecule has 0 aliphatic rings. The van der Waals surface area contributed by atoms with E-state index in [0.29, 0.717) is 22.8 Å². The molecule has 8 heteroatoms. The van der Waals surface area contributed by atoms with E-state index >= 15 is 0 Å². The minimum absolute atomic E-state index is 0.351. The normalized spacial score (nSPS) is 11.7. The molecule has 0 bridgehead atoms. The lowest BCUT2D eigenvalue weighted by Crippen LogP contribution is -2.37. The first kappa shape index (κ1) is 14.4. The first-order valence-corrected chi connectivity index (χ1v) is 7.48. The van der Waals surface area contributed by atoms with Crippen molar-refractivity contribution in [1.82, 2.24) is 28.3 Å². The zero-order chi connectivity index (χ0) is 17.2. The summed E-state index contributed by atoms with van der Waals surface area (Å²) in [5.74, 6) is 1.11. The van der Waals surface area contributed by atoms with Crippen molar-refractivity contribution in [2.45, 2.75) is 6.92 Å². The first-order valence-electron chi connectivity index (χ1n) is 7.48. The second kappa shape index (κ2) is 4.67. The topological polar surface area (TPSA) is 79.1 Å². The number of benzene rings is 1. The van der Waals surface area contributed by atoms with Crippen LogP contribution in [0.5, 0.6) is 0 Å². The molecule has 0 spiro atoms. The van der Waals surface area contributed by atoms with Gasteiger partial charge in [-0.1, -0.05) is 29.8 Å². The summed E-state index contributed by atoms with van der Waals surface area (Å²) < 4.78 is 5.97. The third kappa shape index (κ3) is 1.67. The molecule has 8 nitrogen and oxygen atoms in total. The standard InChI is InChI=1S/C16H16N6O2/c1-9-5-7-10(8-6-9)12-17-18-15-19(2)11-13(22(12)15)20(3)16(24)21(4)14(11)23/h5-8H,1-4H3. The number of imidazole rings is 1. The summed E-state index contributed by atoms with van der Waals surface area (Å²) in [4.78, 5) is 24.9. The van der Waals surface area contributed by atoms with Gasteiger partial charge in [0, 0.05) is 26.7 Å². The van der Waals surface area contributed by atoms with Gasteiger partial charge in [-0.2, -0.15) is 0 Å². The molecule has 0 radical (unpaired) electrons. The molecule has 122 valence electrons. The lowest BCUT2D eigenvalue weighted by atomic mass is 10.1. The van der Waals surface area contributed by atoms with Gasteiger partial charge < -0.3 is 4.57 Å². The number of aryl methyl sites for hydroxylation is 3. The maximum absolute atomic E-state index is 12.5. The van der Waals surface area contributed by atoms with Crippen LogP contribution in [0.4, 0.5) is 0 Å². The first-order chi connectivity index (χ1) is 11.4. The Morgan fingerprint density at radius 3 is 2.21 bits per heavy atom. The third-order valence-corrected chi connectivity index (χ3v) is 4.41. The molecule has 0 unspecified atom stereocenters. The molecule has 0 amide bonds. The minimum atomic E-state index is -0.386. The van der Waals surface area contributed by atoms with Gasteiger partial charge in [-0.05, 0) is 6.92 Å². The Bertz CT molecular complexity index is 1220. The van der Waals surface area contributed by atoms with Gasteiger partial charge in [-0.15, -0.1) is 10.2 Å². The van der Waals surface area contributed by atoms with Crippen molar-refractivity contribution in [3.05, 3.63) is 50.7 Å². The highest BCUT2D eigenvalue weighted by Crippen LogP contribution is 2.23. The Hall–Kier alpha value is -3.16. The molecular weight excluding hydrogens is 308 g/mol. The molecule has 1 aromatic carbocycles. The Kier molecular flexibility index (Phi) is 2.81. The van der Waals surface area contributed by atoms with Crippen LogP contribution in [0.25, 0.3) is 28.3 Å². The maximum Gasteiger partial charge on any atom is 0.332 e. The summed E-state index contributed by atoms with van der Waals surface area (Å²) in [6.07, 6.45) is 0. The van der Waals surface area contributed by atoms with Crippen molar-refractivity contribution < 1.29 is 0 Å². The van der Waals surface area contributed by atoms with Gasteiger partial charge in [-0.3, -0.25) is 13.9 Å². The average Bonchev–Trinajstić information content (AvgIpc) is 3.11.